The fourth-order valence-electron chi connectivity index (χ4n) is 2.44. The Morgan fingerprint density at radius 3 is 2.46 bits per heavy atom. The van der Waals surface area contributed by atoms with E-state index >= 15 is 0 Å². The van der Waals surface area contributed by atoms with Gasteiger partial charge in [-0.25, -0.2) is 15.0 Å². The summed E-state index contributed by atoms with van der Waals surface area (Å²) in [6.07, 6.45) is -2.63. The molecule has 2 rings (SSSR count). The van der Waals surface area contributed by atoms with Crippen molar-refractivity contribution in [2.24, 2.45) is 4.99 Å². The van der Waals surface area contributed by atoms with Crippen LogP contribution in [-0.2, 0) is 19.3 Å². The zero-order valence-corrected chi connectivity index (χ0v) is 17.0. The van der Waals surface area contributed by atoms with E-state index in [0.29, 0.717) is 24.1 Å². The molecule has 0 aliphatic carbocycles. The van der Waals surface area contributed by atoms with Crippen molar-refractivity contribution < 1.29 is 13.2 Å². The molecule has 0 saturated carbocycles. The Labute approximate surface area is 166 Å². The van der Waals surface area contributed by atoms with E-state index < -0.39 is 11.9 Å². The van der Waals surface area contributed by atoms with Crippen LogP contribution in [0.2, 0.25) is 0 Å². The van der Waals surface area contributed by atoms with Gasteiger partial charge in [0, 0.05) is 31.2 Å². The molecule has 154 valence electrons. The highest BCUT2D eigenvalue weighted by Crippen LogP contribution is 2.29. The predicted octanol–water partition coefficient (Wildman–Crippen LogP) is 3.66. The number of halogens is 3. The molecular weight excluding hydrogens is 389 g/mol. The number of pyridine rings is 1. The van der Waals surface area contributed by atoms with Crippen LogP contribution in [0, 0.1) is 0 Å². The fourth-order valence-corrected chi connectivity index (χ4v) is 3.18. The van der Waals surface area contributed by atoms with Gasteiger partial charge in [-0.15, -0.1) is 11.3 Å². The minimum atomic E-state index is -4.42. The monoisotopic (exact) mass is 414 g/mol. The quantitative estimate of drug-likeness (QED) is 0.510. The van der Waals surface area contributed by atoms with Crippen LogP contribution in [0.15, 0.2) is 28.7 Å². The molecule has 2 heterocycles. The molecule has 2 N–H and O–H groups in total. The summed E-state index contributed by atoms with van der Waals surface area (Å²) >= 11 is 0.968. The number of aromatic nitrogens is 2. The van der Waals surface area contributed by atoms with Crippen molar-refractivity contribution in [3.63, 3.8) is 0 Å². The molecule has 0 radical (unpaired) electrons. The van der Waals surface area contributed by atoms with E-state index in [1.54, 1.807) is 6.20 Å². The lowest BCUT2D eigenvalue weighted by atomic mass is 10.3. The van der Waals surface area contributed by atoms with Crippen LogP contribution >= 0.6 is 11.3 Å². The third-order valence-corrected chi connectivity index (χ3v) is 4.76. The van der Waals surface area contributed by atoms with Crippen molar-refractivity contribution in [3.8, 4) is 0 Å². The Bertz CT molecular complexity index is 753. The summed E-state index contributed by atoms with van der Waals surface area (Å²) in [6, 6.07) is 3.94. The van der Waals surface area contributed by atoms with Gasteiger partial charge in [0.05, 0.1) is 13.1 Å². The van der Waals surface area contributed by atoms with Crippen LogP contribution in [0.4, 0.5) is 19.0 Å². The first kappa shape index (κ1) is 21.9. The summed E-state index contributed by atoms with van der Waals surface area (Å²) in [5.41, 5.74) is 0.0809. The minimum Gasteiger partial charge on any atom is -0.357 e. The zero-order chi connectivity index (χ0) is 20.6. The van der Waals surface area contributed by atoms with E-state index in [4.69, 9.17) is 0 Å². The molecule has 10 heteroatoms. The highest BCUT2D eigenvalue weighted by Gasteiger charge is 2.33. The molecule has 0 atom stereocenters. The van der Waals surface area contributed by atoms with Crippen molar-refractivity contribution in [2.45, 2.75) is 40.0 Å². The summed E-state index contributed by atoms with van der Waals surface area (Å²) in [5, 5.41) is 7.45. The Hall–Kier alpha value is -2.36. The smallest absolute Gasteiger partial charge is 0.357 e. The molecule has 0 aliphatic rings. The number of nitrogens with zero attached hydrogens (tertiary/aromatic N) is 4. The fraction of sp³-hybridized carbons (Fsp3) is 0.500. The molecule has 6 nitrogen and oxygen atoms in total. The van der Waals surface area contributed by atoms with Gasteiger partial charge in [-0.1, -0.05) is 6.07 Å². The maximum Gasteiger partial charge on any atom is 0.434 e. The Morgan fingerprint density at radius 1 is 1.18 bits per heavy atom. The lowest BCUT2D eigenvalue weighted by Gasteiger charge is -2.19. The van der Waals surface area contributed by atoms with E-state index in [9.17, 15) is 13.2 Å². The van der Waals surface area contributed by atoms with Crippen LogP contribution in [0.1, 0.15) is 37.0 Å². The van der Waals surface area contributed by atoms with Crippen LogP contribution < -0.4 is 15.5 Å². The van der Waals surface area contributed by atoms with Gasteiger partial charge in [-0.2, -0.15) is 13.2 Å². The molecule has 2 aromatic rings. The largest absolute Gasteiger partial charge is 0.434 e. The number of alkyl halides is 3. The normalized spacial score (nSPS) is 12.1. The first-order chi connectivity index (χ1) is 13.4. The van der Waals surface area contributed by atoms with E-state index in [-0.39, 0.29) is 6.54 Å². The minimum absolute atomic E-state index is 0.172. The summed E-state index contributed by atoms with van der Waals surface area (Å²) in [7, 11) is 0. The van der Waals surface area contributed by atoms with E-state index in [1.165, 1.54) is 0 Å². The first-order valence-corrected chi connectivity index (χ1v) is 9.98. The summed E-state index contributed by atoms with van der Waals surface area (Å²) in [4.78, 5) is 14.7. The van der Waals surface area contributed by atoms with Crippen molar-refractivity contribution in [1.29, 1.82) is 0 Å². The lowest BCUT2D eigenvalue weighted by molar-refractivity contribution is -0.140. The summed E-state index contributed by atoms with van der Waals surface area (Å²) in [5.74, 6) is 1.44. The van der Waals surface area contributed by atoms with Crippen molar-refractivity contribution >= 4 is 23.1 Å². The second-order valence-corrected chi connectivity index (χ2v) is 6.81. The van der Waals surface area contributed by atoms with Crippen LogP contribution in [0.3, 0.4) is 0 Å². The molecule has 0 amide bonds. The van der Waals surface area contributed by atoms with Gasteiger partial charge in [0.25, 0.3) is 0 Å². The number of nitrogens with one attached hydrogen (secondary N) is 2. The average molecular weight is 415 g/mol. The molecule has 0 saturated heterocycles. The van der Waals surface area contributed by atoms with Crippen LogP contribution in [0.5, 0.6) is 0 Å². The third-order valence-electron chi connectivity index (χ3n) is 3.91. The van der Waals surface area contributed by atoms with Gasteiger partial charge < -0.3 is 15.5 Å². The Balaban J connectivity index is 1.97. The number of hydrogen-bond donors (Lipinski definition) is 2. The van der Waals surface area contributed by atoms with Crippen LogP contribution in [0.25, 0.3) is 0 Å². The van der Waals surface area contributed by atoms with Gasteiger partial charge >= 0.3 is 6.18 Å². The molecular formula is C18H25F3N6S. The number of anilines is 1. The van der Waals surface area contributed by atoms with Gasteiger partial charge in [0.2, 0.25) is 0 Å². The maximum atomic E-state index is 12.6. The predicted molar refractivity (Wildman–Crippen MR) is 107 cm³/mol. The third kappa shape index (κ3) is 6.36. The summed E-state index contributed by atoms with van der Waals surface area (Å²) in [6.45, 7) is 9.08. The SMILES string of the molecule is CCNC(=NCc1ccc(N(CC)CC)nc1)NCc1nc(C(F)(F)F)cs1. The van der Waals surface area contributed by atoms with E-state index in [1.807, 2.05) is 19.1 Å². The van der Waals surface area contributed by atoms with Crippen molar-refractivity contribution in [2.75, 3.05) is 24.5 Å². The molecule has 0 fully saturated rings. The van der Waals surface area contributed by atoms with Crippen LogP contribution in [-0.4, -0.2) is 35.6 Å². The number of guanidine groups is 1. The molecule has 0 unspecified atom stereocenters. The number of aliphatic imine (C=N–C) groups is 1. The first-order valence-electron chi connectivity index (χ1n) is 9.11. The molecule has 0 aromatic carbocycles. The lowest BCUT2D eigenvalue weighted by Crippen LogP contribution is -2.36. The molecule has 0 bridgehead atoms. The molecule has 28 heavy (non-hydrogen) atoms. The van der Waals surface area contributed by atoms with Crippen molar-refractivity contribution in [1.82, 2.24) is 20.6 Å². The molecule has 2 aromatic heterocycles. The highest BCUT2D eigenvalue weighted by atomic mass is 32.1. The highest BCUT2D eigenvalue weighted by molar-refractivity contribution is 7.09. The second-order valence-electron chi connectivity index (χ2n) is 5.87. The van der Waals surface area contributed by atoms with E-state index in [2.05, 4.69) is 44.3 Å². The number of rotatable bonds is 8. The summed E-state index contributed by atoms with van der Waals surface area (Å²) < 4.78 is 37.9. The second kappa shape index (κ2) is 10.3. The van der Waals surface area contributed by atoms with E-state index in [0.717, 1.165) is 41.2 Å². The van der Waals surface area contributed by atoms with Gasteiger partial charge in [-0.05, 0) is 32.4 Å². The maximum absolute atomic E-state index is 12.6. The molecule has 0 aliphatic heterocycles. The van der Waals surface area contributed by atoms with Gasteiger partial charge in [-0.3, -0.25) is 0 Å². The van der Waals surface area contributed by atoms with Gasteiger partial charge in [0.15, 0.2) is 11.7 Å². The zero-order valence-electron chi connectivity index (χ0n) is 16.2. The topological polar surface area (TPSA) is 65.4 Å². The number of hydrogen-bond acceptors (Lipinski definition) is 5. The number of thiazole rings is 1. The van der Waals surface area contributed by atoms with Gasteiger partial charge in [0.1, 0.15) is 10.8 Å². The standard InChI is InChI=1S/C18H25F3N6S/c1-4-22-17(25-11-16-26-14(12-28-16)18(19,20)21)24-10-13-7-8-15(23-9-13)27(5-2)6-3/h7-9,12H,4-6,10-11H2,1-3H3,(H2,22,24,25). The average Bonchev–Trinajstić information content (AvgIpc) is 3.15. The Morgan fingerprint density at radius 2 is 1.93 bits per heavy atom. The Kier molecular flexibility index (Phi) is 8.04. The van der Waals surface area contributed by atoms with Crippen molar-refractivity contribution in [3.05, 3.63) is 40.0 Å². The molecule has 0 spiro atoms.